The van der Waals surface area contributed by atoms with Crippen LogP contribution < -0.4 is 0 Å². The molecule has 0 aliphatic carbocycles. The van der Waals surface area contributed by atoms with E-state index in [1.807, 2.05) is 6.07 Å². The highest BCUT2D eigenvalue weighted by atomic mass is 16.3. The van der Waals surface area contributed by atoms with E-state index in [4.69, 9.17) is 0 Å². The molecular formula is C13H11NO2. The standard InChI is InChI=1S/C13H11NO2/c15-12-6-3-5-11(8-12)14-9-10-4-1-2-7-13(10)16/h1-9,15-16H. The van der Waals surface area contributed by atoms with Crippen molar-refractivity contribution in [3.63, 3.8) is 0 Å². The Morgan fingerprint density at radius 2 is 1.75 bits per heavy atom. The molecular weight excluding hydrogens is 202 g/mol. The molecule has 2 rings (SSSR count). The van der Waals surface area contributed by atoms with E-state index in [0.29, 0.717) is 11.3 Å². The molecule has 0 aliphatic rings. The van der Waals surface area contributed by atoms with E-state index in [1.54, 1.807) is 48.7 Å². The Labute approximate surface area is 93.3 Å². The van der Waals surface area contributed by atoms with Crippen molar-refractivity contribution in [1.29, 1.82) is 0 Å². The molecule has 2 aromatic rings. The molecule has 0 heterocycles. The van der Waals surface area contributed by atoms with E-state index >= 15 is 0 Å². The minimum atomic E-state index is 0.173. The maximum absolute atomic E-state index is 9.50. The normalized spacial score (nSPS) is 10.8. The predicted octanol–water partition coefficient (Wildman–Crippen LogP) is 2.85. The van der Waals surface area contributed by atoms with E-state index in [-0.39, 0.29) is 11.5 Å². The van der Waals surface area contributed by atoms with Gasteiger partial charge >= 0.3 is 0 Å². The second-order valence-electron chi connectivity index (χ2n) is 3.34. The van der Waals surface area contributed by atoms with E-state index < -0.39 is 0 Å². The Balaban J connectivity index is 2.25. The quantitative estimate of drug-likeness (QED) is 0.753. The average molecular weight is 213 g/mol. The van der Waals surface area contributed by atoms with Crippen molar-refractivity contribution in [1.82, 2.24) is 0 Å². The number of phenols is 2. The summed E-state index contributed by atoms with van der Waals surface area (Å²) in [5.41, 5.74) is 1.29. The Morgan fingerprint density at radius 1 is 0.938 bits per heavy atom. The van der Waals surface area contributed by atoms with E-state index in [9.17, 15) is 10.2 Å². The number of rotatable bonds is 2. The molecule has 0 aromatic heterocycles. The van der Waals surface area contributed by atoms with Crippen molar-refractivity contribution in [2.45, 2.75) is 0 Å². The summed E-state index contributed by atoms with van der Waals surface area (Å²) in [6.45, 7) is 0. The lowest BCUT2D eigenvalue weighted by molar-refractivity contribution is 0.474. The van der Waals surface area contributed by atoms with Gasteiger partial charge in [0.2, 0.25) is 0 Å². The first-order valence-electron chi connectivity index (χ1n) is 4.87. The Morgan fingerprint density at radius 3 is 2.50 bits per heavy atom. The summed E-state index contributed by atoms with van der Waals surface area (Å²) in [6.07, 6.45) is 1.56. The smallest absolute Gasteiger partial charge is 0.124 e. The van der Waals surface area contributed by atoms with Gasteiger partial charge in [0.1, 0.15) is 11.5 Å². The maximum atomic E-state index is 9.50. The molecule has 0 aliphatic heterocycles. The number of para-hydroxylation sites is 1. The Bertz CT molecular complexity index is 521. The fraction of sp³-hybridized carbons (Fsp3) is 0. The molecule has 80 valence electrons. The van der Waals surface area contributed by atoms with Gasteiger partial charge in [-0.05, 0) is 24.3 Å². The van der Waals surface area contributed by atoms with Gasteiger partial charge in [0.15, 0.2) is 0 Å². The third-order valence-corrected chi connectivity index (χ3v) is 2.12. The highest BCUT2D eigenvalue weighted by Crippen LogP contribution is 2.19. The first-order valence-corrected chi connectivity index (χ1v) is 4.87. The number of benzene rings is 2. The topological polar surface area (TPSA) is 52.8 Å². The van der Waals surface area contributed by atoms with Crippen LogP contribution in [0, 0.1) is 0 Å². The summed E-state index contributed by atoms with van der Waals surface area (Å²) in [4.78, 5) is 4.15. The van der Waals surface area contributed by atoms with Crippen LogP contribution in [-0.2, 0) is 0 Å². The van der Waals surface area contributed by atoms with Crippen LogP contribution in [0.3, 0.4) is 0 Å². The minimum absolute atomic E-state index is 0.173. The number of nitrogens with zero attached hydrogens (tertiary/aromatic N) is 1. The lowest BCUT2D eigenvalue weighted by Gasteiger charge is -1.97. The Kier molecular flexibility index (Phi) is 2.87. The molecule has 0 saturated carbocycles. The fourth-order valence-electron chi connectivity index (χ4n) is 1.31. The molecule has 0 saturated heterocycles. The lowest BCUT2D eigenvalue weighted by atomic mass is 10.2. The van der Waals surface area contributed by atoms with Gasteiger partial charge in [-0.15, -0.1) is 0 Å². The summed E-state index contributed by atoms with van der Waals surface area (Å²) in [6, 6.07) is 13.6. The number of phenolic OH excluding ortho intramolecular Hbond substituents is 2. The molecule has 2 N–H and O–H groups in total. The van der Waals surface area contributed by atoms with Crippen LogP contribution in [0.1, 0.15) is 5.56 Å². The van der Waals surface area contributed by atoms with Crippen LogP contribution in [0.2, 0.25) is 0 Å². The average Bonchev–Trinajstić information content (AvgIpc) is 2.28. The largest absolute Gasteiger partial charge is 0.508 e. The van der Waals surface area contributed by atoms with Crippen LogP contribution in [0.25, 0.3) is 0 Å². The van der Waals surface area contributed by atoms with Crippen molar-refractivity contribution >= 4 is 11.9 Å². The van der Waals surface area contributed by atoms with Gasteiger partial charge in [-0.3, -0.25) is 4.99 Å². The molecule has 16 heavy (non-hydrogen) atoms. The van der Waals surface area contributed by atoms with Crippen molar-refractivity contribution in [2.24, 2.45) is 4.99 Å². The summed E-state index contributed by atoms with van der Waals surface area (Å²) in [5, 5.41) is 18.7. The highest BCUT2D eigenvalue weighted by molar-refractivity contribution is 5.85. The van der Waals surface area contributed by atoms with Gasteiger partial charge in [-0.25, -0.2) is 0 Å². The molecule has 3 nitrogen and oxygen atoms in total. The van der Waals surface area contributed by atoms with Crippen molar-refractivity contribution in [3.8, 4) is 11.5 Å². The zero-order valence-corrected chi connectivity index (χ0v) is 8.54. The number of aromatic hydroxyl groups is 2. The van der Waals surface area contributed by atoms with E-state index in [0.717, 1.165) is 0 Å². The molecule has 3 heteroatoms. The van der Waals surface area contributed by atoms with Crippen molar-refractivity contribution in [2.75, 3.05) is 0 Å². The number of aliphatic imine (C=N–C) groups is 1. The van der Waals surface area contributed by atoms with Gasteiger partial charge in [0.05, 0.1) is 5.69 Å². The zero-order valence-electron chi connectivity index (χ0n) is 8.54. The van der Waals surface area contributed by atoms with Gasteiger partial charge in [0.25, 0.3) is 0 Å². The third kappa shape index (κ3) is 2.39. The van der Waals surface area contributed by atoms with Crippen LogP contribution in [0.5, 0.6) is 11.5 Å². The second kappa shape index (κ2) is 4.49. The minimum Gasteiger partial charge on any atom is -0.508 e. The SMILES string of the molecule is Oc1cccc(N=Cc2ccccc2O)c1. The maximum Gasteiger partial charge on any atom is 0.124 e. The first-order chi connectivity index (χ1) is 7.75. The van der Waals surface area contributed by atoms with Gasteiger partial charge in [0, 0.05) is 17.8 Å². The van der Waals surface area contributed by atoms with Crippen molar-refractivity contribution in [3.05, 3.63) is 54.1 Å². The molecule has 0 amide bonds. The van der Waals surface area contributed by atoms with E-state index in [1.165, 1.54) is 0 Å². The zero-order chi connectivity index (χ0) is 11.4. The van der Waals surface area contributed by atoms with E-state index in [2.05, 4.69) is 4.99 Å². The monoisotopic (exact) mass is 213 g/mol. The lowest BCUT2D eigenvalue weighted by Crippen LogP contribution is -1.80. The summed E-state index contributed by atoms with van der Waals surface area (Å²) >= 11 is 0. The van der Waals surface area contributed by atoms with Gasteiger partial charge < -0.3 is 10.2 Å². The molecule has 0 radical (unpaired) electrons. The first kappa shape index (κ1) is 10.2. The summed E-state index contributed by atoms with van der Waals surface area (Å²) in [7, 11) is 0. The van der Waals surface area contributed by atoms with Gasteiger partial charge in [-0.1, -0.05) is 18.2 Å². The van der Waals surface area contributed by atoms with Crippen LogP contribution in [-0.4, -0.2) is 16.4 Å². The molecule has 0 spiro atoms. The molecule has 0 unspecified atom stereocenters. The predicted molar refractivity (Wildman–Crippen MR) is 63.5 cm³/mol. The fourth-order valence-corrected chi connectivity index (χ4v) is 1.31. The summed E-state index contributed by atoms with van der Waals surface area (Å²) < 4.78 is 0. The van der Waals surface area contributed by atoms with Gasteiger partial charge in [-0.2, -0.15) is 0 Å². The van der Waals surface area contributed by atoms with Crippen LogP contribution in [0.4, 0.5) is 5.69 Å². The number of hydrogen-bond acceptors (Lipinski definition) is 3. The number of hydrogen-bond donors (Lipinski definition) is 2. The molecule has 0 atom stereocenters. The second-order valence-corrected chi connectivity index (χ2v) is 3.34. The van der Waals surface area contributed by atoms with Crippen LogP contribution in [0.15, 0.2) is 53.5 Å². The highest BCUT2D eigenvalue weighted by Gasteiger charge is 1.95. The summed E-state index contributed by atoms with van der Waals surface area (Å²) in [5.74, 6) is 0.360. The van der Waals surface area contributed by atoms with Crippen LogP contribution >= 0.6 is 0 Å². The molecule has 2 aromatic carbocycles. The van der Waals surface area contributed by atoms with Crippen molar-refractivity contribution < 1.29 is 10.2 Å². The molecule has 0 bridgehead atoms. The third-order valence-electron chi connectivity index (χ3n) is 2.12. The molecule has 0 fully saturated rings. The Hall–Kier alpha value is -2.29.